The fraction of sp³-hybridized carbons (Fsp3) is 0.176. The Morgan fingerprint density at radius 1 is 0.875 bits per heavy atom. The minimum atomic E-state index is 0.503. The monoisotopic (exact) mass is 326 g/mol. The molecule has 3 aromatic rings. The molecular weight excluding hydrogens is 308 g/mol. The molecule has 0 atom stereocenters. The van der Waals surface area contributed by atoms with Crippen molar-refractivity contribution in [3.05, 3.63) is 36.4 Å². The molecule has 0 bridgehead atoms. The molecule has 1 aromatic heterocycles. The number of nitrogen functional groups attached to an aromatic ring is 1. The van der Waals surface area contributed by atoms with Crippen LogP contribution in [0.1, 0.15) is 0 Å². The first-order valence-electron chi connectivity index (χ1n) is 7.25. The van der Waals surface area contributed by atoms with E-state index in [1.165, 1.54) is 0 Å². The molecule has 0 aliphatic rings. The van der Waals surface area contributed by atoms with Gasteiger partial charge in [-0.1, -0.05) is 0 Å². The molecule has 0 fully saturated rings. The van der Waals surface area contributed by atoms with Crippen molar-refractivity contribution in [2.45, 2.75) is 0 Å². The highest BCUT2D eigenvalue weighted by Crippen LogP contribution is 2.43. The van der Waals surface area contributed by atoms with E-state index in [1.807, 2.05) is 30.3 Å². The Hall–Kier alpha value is -3.22. The zero-order valence-corrected chi connectivity index (χ0v) is 13.7. The normalized spacial score (nSPS) is 10.5. The average molecular weight is 326 g/mol. The molecule has 0 aliphatic carbocycles. The summed E-state index contributed by atoms with van der Waals surface area (Å²) in [6.45, 7) is 0. The van der Waals surface area contributed by atoms with E-state index in [9.17, 15) is 0 Å². The summed E-state index contributed by atoms with van der Waals surface area (Å²) in [5.74, 6) is 2.75. The molecule has 7 heteroatoms. The van der Waals surface area contributed by atoms with Gasteiger partial charge in [-0.15, -0.1) is 0 Å². The van der Waals surface area contributed by atoms with Crippen molar-refractivity contribution in [1.29, 1.82) is 0 Å². The molecule has 7 nitrogen and oxygen atoms in total. The Balaban J connectivity index is 2.05. The number of aromatic amines is 1. The maximum atomic E-state index is 5.71. The Bertz CT molecular complexity index is 844. The quantitative estimate of drug-likeness (QED) is 0.700. The van der Waals surface area contributed by atoms with Gasteiger partial charge in [0.15, 0.2) is 23.1 Å². The predicted octanol–water partition coefficient (Wildman–Crippen LogP) is 2.75. The topological polar surface area (TPSA) is 95.3 Å². The molecule has 2 aromatic carbocycles. The highest BCUT2D eigenvalue weighted by atomic mass is 16.5. The van der Waals surface area contributed by atoms with Crippen LogP contribution in [0.4, 0.5) is 5.69 Å². The van der Waals surface area contributed by atoms with Crippen molar-refractivity contribution in [2.24, 2.45) is 0 Å². The number of anilines is 1. The van der Waals surface area contributed by atoms with Crippen LogP contribution in [-0.4, -0.2) is 36.5 Å². The second-order valence-electron chi connectivity index (χ2n) is 5.01. The zero-order chi connectivity index (χ0) is 17.1. The average Bonchev–Trinajstić information content (AvgIpc) is 3.10. The maximum Gasteiger partial charge on any atom is 0.204 e. The highest BCUT2D eigenvalue weighted by molar-refractivity contribution is 5.73. The smallest absolute Gasteiger partial charge is 0.204 e. The first kappa shape index (κ1) is 15.7. The van der Waals surface area contributed by atoms with Gasteiger partial charge in [0, 0.05) is 11.3 Å². The number of H-pyrrole nitrogens is 1. The van der Waals surface area contributed by atoms with Crippen molar-refractivity contribution >= 4 is 5.69 Å². The lowest BCUT2D eigenvalue weighted by molar-refractivity contribution is 0.325. The van der Waals surface area contributed by atoms with Gasteiger partial charge in [0.1, 0.15) is 0 Å². The van der Waals surface area contributed by atoms with Crippen molar-refractivity contribution in [2.75, 3.05) is 27.1 Å². The number of benzene rings is 2. The maximum absolute atomic E-state index is 5.71. The van der Waals surface area contributed by atoms with E-state index in [1.54, 1.807) is 27.4 Å². The minimum absolute atomic E-state index is 0.503. The summed E-state index contributed by atoms with van der Waals surface area (Å²) in [5.41, 5.74) is 7.99. The summed E-state index contributed by atoms with van der Waals surface area (Å²) < 4.78 is 16.2. The van der Waals surface area contributed by atoms with E-state index >= 15 is 0 Å². The molecule has 0 spiro atoms. The molecule has 1 heterocycles. The van der Waals surface area contributed by atoms with Gasteiger partial charge in [0.25, 0.3) is 0 Å². The molecule has 24 heavy (non-hydrogen) atoms. The second kappa shape index (κ2) is 6.49. The molecule has 0 saturated carbocycles. The standard InChI is InChI=1S/C17H18N4O3/c1-22-13-9-8-12(14(23-2)15(13)24-3)17-19-16(20-21-17)10-4-6-11(18)7-5-10/h4-9H,18H2,1-3H3,(H,19,20,21). The van der Waals surface area contributed by atoms with E-state index in [2.05, 4.69) is 15.2 Å². The van der Waals surface area contributed by atoms with Crippen LogP contribution in [-0.2, 0) is 0 Å². The summed E-state index contributed by atoms with van der Waals surface area (Å²) in [6.07, 6.45) is 0. The summed E-state index contributed by atoms with van der Waals surface area (Å²) in [6, 6.07) is 11.0. The zero-order valence-electron chi connectivity index (χ0n) is 13.7. The van der Waals surface area contributed by atoms with Crippen molar-refractivity contribution in [3.8, 4) is 40.0 Å². The lowest BCUT2D eigenvalue weighted by Crippen LogP contribution is -1.97. The van der Waals surface area contributed by atoms with E-state index in [-0.39, 0.29) is 0 Å². The van der Waals surface area contributed by atoms with Gasteiger partial charge < -0.3 is 19.9 Å². The van der Waals surface area contributed by atoms with Crippen LogP contribution < -0.4 is 19.9 Å². The number of nitrogens with one attached hydrogen (secondary N) is 1. The Kier molecular flexibility index (Phi) is 4.24. The lowest BCUT2D eigenvalue weighted by atomic mass is 10.1. The van der Waals surface area contributed by atoms with Crippen LogP contribution in [0.5, 0.6) is 17.2 Å². The number of methoxy groups -OCH3 is 3. The van der Waals surface area contributed by atoms with Crippen molar-refractivity contribution in [3.63, 3.8) is 0 Å². The Labute approximate surface area is 139 Å². The first-order chi connectivity index (χ1) is 11.7. The largest absolute Gasteiger partial charge is 0.493 e. The molecule has 0 amide bonds. The molecule has 0 aliphatic heterocycles. The second-order valence-corrected chi connectivity index (χ2v) is 5.01. The van der Waals surface area contributed by atoms with Crippen LogP contribution in [0.3, 0.4) is 0 Å². The number of rotatable bonds is 5. The number of hydrogen-bond donors (Lipinski definition) is 2. The molecule has 0 saturated heterocycles. The van der Waals surface area contributed by atoms with Gasteiger partial charge in [-0.25, -0.2) is 4.98 Å². The first-order valence-corrected chi connectivity index (χ1v) is 7.25. The summed E-state index contributed by atoms with van der Waals surface area (Å²) >= 11 is 0. The van der Waals surface area contributed by atoms with Crippen LogP contribution in [0.25, 0.3) is 22.8 Å². The Morgan fingerprint density at radius 2 is 1.58 bits per heavy atom. The van der Waals surface area contributed by atoms with Gasteiger partial charge in [-0.3, -0.25) is 5.10 Å². The van der Waals surface area contributed by atoms with E-state index in [0.29, 0.717) is 34.6 Å². The third-order valence-electron chi connectivity index (χ3n) is 3.61. The van der Waals surface area contributed by atoms with Crippen LogP contribution >= 0.6 is 0 Å². The number of nitrogens with zero attached hydrogens (tertiary/aromatic N) is 2. The highest BCUT2D eigenvalue weighted by Gasteiger charge is 2.19. The molecule has 124 valence electrons. The lowest BCUT2D eigenvalue weighted by Gasteiger charge is -2.14. The molecular formula is C17H18N4O3. The van der Waals surface area contributed by atoms with Gasteiger partial charge in [-0.2, -0.15) is 5.10 Å². The number of ether oxygens (including phenoxy) is 3. The molecule has 0 unspecified atom stereocenters. The molecule has 3 rings (SSSR count). The molecule has 0 radical (unpaired) electrons. The van der Waals surface area contributed by atoms with E-state index in [0.717, 1.165) is 11.1 Å². The molecule has 3 N–H and O–H groups in total. The summed E-state index contributed by atoms with van der Waals surface area (Å²) in [5, 5.41) is 7.19. The third kappa shape index (κ3) is 2.71. The van der Waals surface area contributed by atoms with E-state index in [4.69, 9.17) is 19.9 Å². The minimum Gasteiger partial charge on any atom is -0.493 e. The fourth-order valence-electron chi connectivity index (χ4n) is 2.43. The number of aromatic nitrogens is 3. The third-order valence-corrected chi connectivity index (χ3v) is 3.61. The summed E-state index contributed by atoms with van der Waals surface area (Å²) in [7, 11) is 4.70. The summed E-state index contributed by atoms with van der Waals surface area (Å²) in [4.78, 5) is 4.54. The fourth-order valence-corrected chi connectivity index (χ4v) is 2.43. The van der Waals surface area contributed by atoms with Crippen LogP contribution in [0.2, 0.25) is 0 Å². The number of hydrogen-bond acceptors (Lipinski definition) is 6. The van der Waals surface area contributed by atoms with Crippen molar-refractivity contribution in [1.82, 2.24) is 15.2 Å². The van der Waals surface area contributed by atoms with Crippen LogP contribution in [0, 0.1) is 0 Å². The SMILES string of the molecule is COc1ccc(-c2nc(-c3ccc(N)cc3)n[nH]2)c(OC)c1OC. The van der Waals surface area contributed by atoms with Gasteiger partial charge in [0.2, 0.25) is 5.75 Å². The van der Waals surface area contributed by atoms with Crippen molar-refractivity contribution < 1.29 is 14.2 Å². The van der Waals surface area contributed by atoms with Gasteiger partial charge in [-0.05, 0) is 36.4 Å². The van der Waals surface area contributed by atoms with Crippen LogP contribution in [0.15, 0.2) is 36.4 Å². The Morgan fingerprint density at radius 3 is 2.21 bits per heavy atom. The predicted molar refractivity (Wildman–Crippen MR) is 91.3 cm³/mol. The van der Waals surface area contributed by atoms with E-state index < -0.39 is 0 Å². The van der Waals surface area contributed by atoms with Gasteiger partial charge >= 0.3 is 0 Å². The van der Waals surface area contributed by atoms with Gasteiger partial charge in [0.05, 0.1) is 26.9 Å². The number of nitrogens with two attached hydrogens (primary N) is 1.